The normalized spacial score (nSPS) is 11.6. The Morgan fingerprint density at radius 2 is 2.36 bits per heavy atom. The Balaban J connectivity index is 2.81. The van der Waals surface area contributed by atoms with Crippen molar-refractivity contribution in [2.75, 3.05) is 7.05 Å². The average molecular weight is 192 g/mol. The average Bonchev–Trinajstić information content (AvgIpc) is 2.19. The third-order valence-corrected chi connectivity index (χ3v) is 1.96. The highest BCUT2D eigenvalue weighted by molar-refractivity contribution is 5.17. The predicted molar refractivity (Wildman–Crippen MR) is 54.1 cm³/mol. The van der Waals surface area contributed by atoms with Crippen molar-refractivity contribution in [3.63, 3.8) is 0 Å². The Bertz CT molecular complexity index is 352. The van der Waals surface area contributed by atoms with Crippen LogP contribution in [0.4, 0.5) is 4.39 Å². The molecule has 1 N–H and O–H groups in total. The minimum atomic E-state index is -0.313. The summed E-state index contributed by atoms with van der Waals surface area (Å²) in [5.41, 5.74) is 0.829. The zero-order valence-electron chi connectivity index (χ0n) is 8.34. The van der Waals surface area contributed by atoms with Crippen molar-refractivity contribution < 1.29 is 4.39 Å². The van der Waals surface area contributed by atoms with Crippen molar-refractivity contribution in [3.8, 4) is 11.8 Å². The van der Waals surface area contributed by atoms with E-state index in [1.54, 1.807) is 13.1 Å². The van der Waals surface area contributed by atoms with Gasteiger partial charge in [0.25, 0.3) is 0 Å². The molecule has 0 bridgehead atoms. The smallest absolute Gasteiger partial charge is 0.141 e. The van der Waals surface area contributed by atoms with Gasteiger partial charge in [-0.05, 0) is 25.6 Å². The van der Waals surface area contributed by atoms with Crippen molar-refractivity contribution in [3.05, 3.63) is 29.8 Å². The van der Waals surface area contributed by atoms with Gasteiger partial charge in [-0.25, -0.2) is 4.39 Å². The maximum Gasteiger partial charge on any atom is 0.141 e. The number of hydrogen-bond donors (Lipinski definition) is 1. The Kier molecular flexibility index (Phi) is 4.09. The molecule has 0 spiro atoms. The first-order chi connectivity index (χ1) is 6.77. The molecule has 74 valence electrons. The molecule has 0 radical (unpaired) electrons. The van der Waals surface area contributed by atoms with Gasteiger partial charge in [0.05, 0.1) is 6.20 Å². The summed E-state index contributed by atoms with van der Waals surface area (Å²) in [5, 5.41) is 3.07. The lowest BCUT2D eigenvalue weighted by molar-refractivity contribution is 0.584. The second kappa shape index (κ2) is 5.36. The predicted octanol–water partition coefficient (Wildman–Crippen LogP) is 1.89. The quantitative estimate of drug-likeness (QED) is 0.740. The monoisotopic (exact) mass is 192 g/mol. The fraction of sp³-hybridized carbons (Fsp3) is 0.364. The largest absolute Gasteiger partial charge is 0.312 e. The SMILES string of the molecule is CC#CCC(NC)c1cncc(F)c1. The maximum atomic E-state index is 12.9. The third kappa shape index (κ3) is 2.82. The van der Waals surface area contributed by atoms with Gasteiger partial charge in [0, 0.05) is 18.7 Å². The molecule has 0 saturated carbocycles. The van der Waals surface area contributed by atoms with E-state index in [2.05, 4.69) is 22.1 Å². The standard InChI is InChI=1S/C11H13FN2/c1-3-4-5-11(13-2)9-6-10(12)8-14-7-9/h6-8,11,13H,5H2,1-2H3. The van der Waals surface area contributed by atoms with Gasteiger partial charge in [-0.2, -0.15) is 0 Å². The highest BCUT2D eigenvalue weighted by Gasteiger charge is 2.08. The summed E-state index contributed by atoms with van der Waals surface area (Å²) in [7, 11) is 1.83. The van der Waals surface area contributed by atoms with Gasteiger partial charge < -0.3 is 5.32 Å². The summed E-state index contributed by atoms with van der Waals surface area (Å²) in [6, 6.07) is 1.52. The number of halogens is 1. The van der Waals surface area contributed by atoms with Crippen LogP contribution in [-0.4, -0.2) is 12.0 Å². The van der Waals surface area contributed by atoms with E-state index in [0.29, 0.717) is 6.42 Å². The Labute approximate surface area is 83.6 Å². The molecule has 0 aromatic carbocycles. The van der Waals surface area contributed by atoms with Crippen LogP contribution in [0.15, 0.2) is 18.5 Å². The molecule has 1 aromatic heterocycles. The summed E-state index contributed by atoms with van der Waals surface area (Å²) >= 11 is 0. The van der Waals surface area contributed by atoms with E-state index in [1.165, 1.54) is 12.3 Å². The van der Waals surface area contributed by atoms with Crippen molar-refractivity contribution in [1.82, 2.24) is 10.3 Å². The highest BCUT2D eigenvalue weighted by Crippen LogP contribution is 2.15. The van der Waals surface area contributed by atoms with Crippen LogP contribution in [-0.2, 0) is 0 Å². The molecule has 0 amide bonds. The number of hydrogen-bond acceptors (Lipinski definition) is 2. The molecular weight excluding hydrogens is 179 g/mol. The number of pyridine rings is 1. The van der Waals surface area contributed by atoms with E-state index in [9.17, 15) is 4.39 Å². The van der Waals surface area contributed by atoms with Gasteiger partial charge >= 0.3 is 0 Å². The summed E-state index contributed by atoms with van der Waals surface area (Å²) in [6.07, 6.45) is 3.52. The number of aromatic nitrogens is 1. The summed E-state index contributed by atoms with van der Waals surface area (Å²) in [5.74, 6) is 5.45. The second-order valence-corrected chi connectivity index (χ2v) is 2.91. The van der Waals surface area contributed by atoms with Crippen LogP contribution in [0, 0.1) is 17.7 Å². The molecule has 0 aliphatic rings. The first-order valence-electron chi connectivity index (χ1n) is 4.45. The van der Waals surface area contributed by atoms with Gasteiger partial charge in [-0.1, -0.05) is 0 Å². The number of nitrogens with zero attached hydrogens (tertiary/aromatic N) is 1. The van der Waals surface area contributed by atoms with Crippen LogP contribution >= 0.6 is 0 Å². The van der Waals surface area contributed by atoms with Crippen LogP contribution in [0.25, 0.3) is 0 Å². The molecule has 0 fully saturated rings. The maximum absolute atomic E-state index is 12.9. The minimum absolute atomic E-state index is 0.0469. The van der Waals surface area contributed by atoms with Gasteiger partial charge in [-0.3, -0.25) is 4.98 Å². The fourth-order valence-electron chi connectivity index (χ4n) is 1.21. The Morgan fingerprint density at radius 1 is 1.57 bits per heavy atom. The number of nitrogens with one attached hydrogen (secondary N) is 1. The summed E-state index contributed by atoms with van der Waals surface area (Å²) in [6.45, 7) is 1.79. The van der Waals surface area contributed by atoms with E-state index >= 15 is 0 Å². The first kappa shape index (κ1) is 10.7. The van der Waals surface area contributed by atoms with Crippen LogP contribution in [0.5, 0.6) is 0 Å². The molecular formula is C11H13FN2. The third-order valence-electron chi connectivity index (χ3n) is 1.96. The molecule has 1 atom stereocenters. The topological polar surface area (TPSA) is 24.9 Å². The van der Waals surface area contributed by atoms with E-state index in [0.717, 1.165) is 5.56 Å². The lowest BCUT2D eigenvalue weighted by Gasteiger charge is -2.12. The Morgan fingerprint density at radius 3 is 2.93 bits per heavy atom. The zero-order valence-corrected chi connectivity index (χ0v) is 8.34. The summed E-state index contributed by atoms with van der Waals surface area (Å²) < 4.78 is 12.9. The molecule has 14 heavy (non-hydrogen) atoms. The van der Waals surface area contributed by atoms with E-state index in [-0.39, 0.29) is 11.9 Å². The summed E-state index contributed by atoms with van der Waals surface area (Å²) in [4.78, 5) is 3.80. The van der Waals surface area contributed by atoms with Crippen molar-refractivity contribution in [1.29, 1.82) is 0 Å². The lowest BCUT2D eigenvalue weighted by Crippen LogP contribution is -2.16. The molecule has 2 nitrogen and oxygen atoms in total. The fourth-order valence-corrected chi connectivity index (χ4v) is 1.21. The van der Waals surface area contributed by atoms with Gasteiger partial charge in [0.1, 0.15) is 5.82 Å². The van der Waals surface area contributed by atoms with Gasteiger partial charge in [0.15, 0.2) is 0 Å². The zero-order chi connectivity index (χ0) is 10.4. The molecule has 1 unspecified atom stereocenters. The molecule has 1 aromatic rings. The van der Waals surface area contributed by atoms with Crippen LogP contribution in [0.2, 0.25) is 0 Å². The van der Waals surface area contributed by atoms with E-state index in [1.807, 2.05) is 7.05 Å². The van der Waals surface area contributed by atoms with Gasteiger partial charge in [0.2, 0.25) is 0 Å². The van der Waals surface area contributed by atoms with E-state index < -0.39 is 0 Å². The lowest BCUT2D eigenvalue weighted by atomic mass is 10.1. The molecule has 1 heterocycles. The second-order valence-electron chi connectivity index (χ2n) is 2.91. The minimum Gasteiger partial charge on any atom is -0.312 e. The highest BCUT2D eigenvalue weighted by atomic mass is 19.1. The van der Waals surface area contributed by atoms with Crippen LogP contribution in [0.1, 0.15) is 24.9 Å². The number of rotatable bonds is 3. The Hall–Kier alpha value is -1.40. The molecule has 0 aliphatic heterocycles. The van der Waals surface area contributed by atoms with Crippen molar-refractivity contribution >= 4 is 0 Å². The molecule has 3 heteroatoms. The molecule has 0 saturated heterocycles. The molecule has 1 rings (SSSR count). The molecule has 0 aliphatic carbocycles. The van der Waals surface area contributed by atoms with E-state index in [4.69, 9.17) is 0 Å². The van der Waals surface area contributed by atoms with Crippen molar-refractivity contribution in [2.24, 2.45) is 0 Å². The van der Waals surface area contributed by atoms with Crippen molar-refractivity contribution in [2.45, 2.75) is 19.4 Å². The van der Waals surface area contributed by atoms with Crippen LogP contribution < -0.4 is 5.32 Å². The van der Waals surface area contributed by atoms with Gasteiger partial charge in [-0.15, -0.1) is 11.8 Å². The first-order valence-corrected chi connectivity index (χ1v) is 4.45. The van der Waals surface area contributed by atoms with Crippen LogP contribution in [0.3, 0.4) is 0 Å².